The SMILES string of the molecule is COc1cc(C(=O)O)cc2c1nc(CN1CCN(c3cccc(OCc4ccc(C(F)(F)F)cc4F)n3)C=N1)n2C[C@@H]1CCO1. The fourth-order valence-corrected chi connectivity index (χ4v) is 5.04. The van der Waals surface area contributed by atoms with Crippen molar-refractivity contribution in [3.05, 3.63) is 76.9 Å². The van der Waals surface area contributed by atoms with Crippen LogP contribution in [-0.2, 0) is 30.6 Å². The summed E-state index contributed by atoms with van der Waals surface area (Å²) >= 11 is 0. The van der Waals surface area contributed by atoms with Gasteiger partial charge in [0, 0.05) is 24.8 Å². The highest BCUT2D eigenvalue weighted by molar-refractivity contribution is 5.95. The summed E-state index contributed by atoms with van der Waals surface area (Å²) in [4.78, 5) is 22.8. The first-order valence-corrected chi connectivity index (χ1v) is 14.0. The Hall–Kier alpha value is -4.92. The van der Waals surface area contributed by atoms with Crippen LogP contribution in [0.25, 0.3) is 11.0 Å². The molecule has 45 heavy (non-hydrogen) atoms. The molecule has 2 aliphatic heterocycles. The molecule has 4 heterocycles. The van der Waals surface area contributed by atoms with Crippen LogP contribution in [0, 0.1) is 5.82 Å². The monoisotopic (exact) mass is 628 g/mol. The van der Waals surface area contributed by atoms with Gasteiger partial charge in [-0.2, -0.15) is 23.3 Å². The highest BCUT2D eigenvalue weighted by atomic mass is 19.4. The maximum Gasteiger partial charge on any atom is 0.416 e. The van der Waals surface area contributed by atoms with Crippen molar-refractivity contribution in [2.75, 3.05) is 31.7 Å². The lowest BCUT2D eigenvalue weighted by atomic mass is 10.1. The van der Waals surface area contributed by atoms with Gasteiger partial charge in [-0.15, -0.1) is 0 Å². The van der Waals surface area contributed by atoms with E-state index in [1.807, 2.05) is 9.58 Å². The summed E-state index contributed by atoms with van der Waals surface area (Å²) in [6.07, 6.45) is -2.14. The second-order valence-corrected chi connectivity index (χ2v) is 10.5. The number of carboxylic acids is 1. The molecule has 2 aromatic carbocycles. The minimum Gasteiger partial charge on any atom is -0.494 e. The lowest BCUT2D eigenvalue weighted by Gasteiger charge is -2.30. The predicted molar refractivity (Wildman–Crippen MR) is 154 cm³/mol. The predicted octanol–water partition coefficient (Wildman–Crippen LogP) is 4.93. The second kappa shape index (κ2) is 12.2. The van der Waals surface area contributed by atoms with Crippen LogP contribution in [0.5, 0.6) is 11.6 Å². The summed E-state index contributed by atoms with van der Waals surface area (Å²) in [5.74, 6) is -0.357. The number of rotatable bonds is 10. The number of alkyl halides is 3. The number of hydrazone groups is 1. The Labute approximate surface area is 254 Å². The summed E-state index contributed by atoms with van der Waals surface area (Å²) in [7, 11) is 1.47. The van der Waals surface area contributed by atoms with E-state index in [9.17, 15) is 27.5 Å². The van der Waals surface area contributed by atoms with E-state index in [1.165, 1.54) is 13.2 Å². The van der Waals surface area contributed by atoms with Crippen molar-refractivity contribution in [1.29, 1.82) is 0 Å². The summed E-state index contributed by atoms with van der Waals surface area (Å²) < 4.78 is 71.4. The Balaban J connectivity index is 1.16. The Morgan fingerprint density at radius 2 is 1.96 bits per heavy atom. The van der Waals surface area contributed by atoms with E-state index in [-0.39, 0.29) is 29.7 Å². The number of carboxylic acid groups (broad SMARTS) is 1. The third-order valence-corrected chi connectivity index (χ3v) is 7.58. The number of aromatic carboxylic acids is 1. The minimum atomic E-state index is -4.64. The Kier molecular flexibility index (Phi) is 8.18. The van der Waals surface area contributed by atoms with Crippen LogP contribution >= 0.6 is 0 Å². The summed E-state index contributed by atoms with van der Waals surface area (Å²) in [6, 6.07) is 10.3. The number of hydrogen-bond donors (Lipinski definition) is 1. The smallest absolute Gasteiger partial charge is 0.416 e. The van der Waals surface area contributed by atoms with Gasteiger partial charge < -0.3 is 28.8 Å². The molecule has 15 heteroatoms. The van der Waals surface area contributed by atoms with Crippen molar-refractivity contribution in [2.45, 2.75) is 38.4 Å². The van der Waals surface area contributed by atoms with Gasteiger partial charge in [-0.3, -0.25) is 5.01 Å². The maximum absolute atomic E-state index is 14.2. The third kappa shape index (κ3) is 6.48. The first-order valence-electron chi connectivity index (χ1n) is 14.0. The van der Waals surface area contributed by atoms with Crippen LogP contribution in [0.4, 0.5) is 23.4 Å². The van der Waals surface area contributed by atoms with E-state index in [0.29, 0.717) is 67.3 Å². The standard InChI is InChI=1S/C30H28F4N6O5/c1-43-24-12-19(29(41)42)11-23-28(24)37-26(40(23)14-21-7-10-44-21)15-39-9-8-38(17-35-39)25-3-2-4-27(36-25)45-16-18-5-6-20(13-22(18)31)30(32,33)34/h2-6,11-13,17,21H,7-10,14-16H2,1H3,(H,41,42)/t21-/m0/s1. The van der Waals surface area contributed by atoms with Crippen molar-refractivity contribution in [1.82, 2.24) is 19.5 Å². The van der Waals surface area contributed by atoms with Gasteiger partial charge in [0.2, 0.25) is 5.88 Å². The number of ether oxygens (including phenoxy) is 3. The van der Waals surface area contributed by atoms with E-state index in [0.717, 1.165) is 18.6 Å². The van der Waals surface area contributed by atoms with Gasteiger partial charge in [0.05, 0.1) is 49.5 Å². The molecule has 0 radical (unpaired) electrons. The largest absolute Gasteiger partial charge is 0.494 e. The van der Waals surface area contributed by atoms with Crippen LogP contribution in [0.15, 0.2) is 53.6 Å². The molecule has 1 fully saturated rings. The molecule has 6 rings (SSSR count). The molecule has 0 aliphatic carbocycles. The quantitative estimate of drug-likeness (QED) is 0.244. The number of imidazole rings is 1. The van der Waals surface area contributed by atoms with E-state index in [1.54, 1.807) is 35.5 Å². The average Bonchev–Trinajstić information content (AvgIpc) is 3.34. The highest BCUT2D eigenvalue weighted by Gasteiger charge is 2.31. The van der Waals surface area contributed by atoms with E-state index >= 15 is 0 Å². The number of carbonyl (C=O) groups is 1. The average molecular weight is 629 g/mol. The maximum atomic E-state index is 14.2. The number of aromatic nitrogens is 3. The van der Waals surface area contributed by atoms with Gasteiger partial charge in [0.25, 0.3) is 0 Å². The van der Waals surface area contributed by atoms with Gasteiger partial charge >= 0.3 is 12.1 Å². The first kappa shape index (κ1) is 30.1. The molecule has 0 bridgehead atoms. The van der Waals surface area contributed by atoms with Gasteiger partial charge in [0.15, 0.2) is 0 Å². The molecule has 0 saturated carbocycles. The number of pyridine rings is 1. The molecular weight excluding hydrogens is 600 g/mol. The number of fused-ring (bicyclic) bond motifs is 1. The fraction of sp³-hybridized carbons (Fsp3) is 0.333. The van der Waals surface area contributed by atoms with Crippen LogP contribution in [0.2, 0.25) is 0 Å². The normalized spacial score (nSPS) is 16.6. The zero-order valence-corrected chi connectivity index (χ0v) is 24.0. The molecule has 236 valence electrons. The molecule has 4 aromatic rings. The summed E-state index contributed by atoms with van der Waals surface area (Å²) in [5.41, 5.74) is 0.182. The number of nitrogens with zero attached hydrogens (tertiary/aromatic N) is 6. The molecule has 0 unspecified atom stereocenters. The molecule has 2 aromatic heterocycles. The van der Waals surface area contributed by atoms with Gasteiger partial charge in [-0.25, -0.2) is 14.2 Å². The fourth-order valence-electron chi connectivity index (χ4n) is 5.04. The van der Waals surface area contributed by atoms with E-state index < -0.39 is 23.5 Å². The molecule has 11 nitrogen and oxygen atoms in total. The lowest BCUT2D eigenvalue weighted by molar-refractivity contribution is -0.137. The number of anilines is 1. The summed E-state index contributed by atoms with van der Waals surface area (Å²) in [5, 5.41) is 16.0. The van der Waals surface area contributed by atoms with Gasteiger partial charge in [-0.05, 0) is 36.8 Å². The number of hydrogen-bond acceptors (Lipinski definition) is 9. The third-order valence-electron chi connectivity index (χ3n) is 7.58. The molecule has 0 amide bonds. The topological polar surface area (TPSA) is 115 Å². The van der Waals surface area contributed by atoms with Crippen molar-refractivity contribution in [3.63, 3.8) is 0 Å². The highest BCUT2D eigenvalue weighted by Crippen LogP contribution is 2.32. The Morgan fingerprint density at radius 3 is 2.60 bits per heavy atom. The minimum absolute atomic E-state index is 0.00251. The number of benzene rings is 2. The first-order chi connectivity index (χ1) is 21.6. The van der Waals surface area contributed by atoms with Crippen molar-refractivity contribution < 1.29 is 41.7 Å². The van der Waals surface area contributed by atoms with Crippen LogP contribution in [0.3, 0.4) is 0 Å². The van der Waals surface area contributed by atoms with E-state index in [2.05, 4.69) is 10.1 Å². The van der Waals surface area contributed by atoms with Crippen LogP contribution in [0.1, 0.15) is 33.7 Å². The van der Waals surface area contributed by atoms with E-state index in [4.69, 9.17) is 19.2 Å². The lowest BCUT2D eigenvalue weighted by Crippen LogP contribution is -2.38. The Morgan fingerprint density at radius 1 is 1.13 bits per heavy atom. The number of methoxy groups -OCH3 is 1. The zero-order chi connectivity index (χ0) is 31.7. The second-order valence-electron chi connectivity index (χ2n) is 10.5. The van der Waals surface area contributed by atoms with Gasteiger partial charge in [-0.1, -0.05) is 12.1 Å². The molecule has 0 spiro atoms. The molecule has 2 aliphatic rings. The van der Waals surface area contributed by atoms with Crippen LogP contribution in [-0.4, -0.2) is 69.9 Å². The Bertz CT molecular complexity index is 1760. The zero-order valence-electron chi connectivity index (χ0n) is 24.0. The van der Waals surface area contributed by atoms with Crippen molar-refractivity contribution >= 4 is 29.2 Å². The van der Waals surface area contributed by atoms with Gasteiger partial charge in [0.1, 0.15) is 41.7 Å². The van der Waals surface area contributed by atoms with Crippen molar-refractivity contribution in [3.8, 4) is 11.6 Å². The summed E-state index contributed by atoms with van der Waals surface area (Å²) in [6.45, 7) is 2.23. The number of halogens is 4. The van der Waals surface area contributed by atoms with Crippen LogP contribution < -0.4 is 14.4 Å². The molecule has 1 atom stereocenters. The molecular formula is C30H28F4N6O5. The van der Waals surface area contributed by atoms with Crippen molar-refractivity contribution in [2.24, 2.45) is 5.10 Å². The molecule has 1 N–H and O–H groups in total. The molecule has 1 saturated heterocycles.